The third kappa shape index (κ3) is 5.44. The van der Waals surface area contributed by atoms with Crippen LogP contribution < -0.4 is 10.6 Å². The van der Waals surface area contributed by atoms with Gasteiger partial charge in [0, 0.05) is 5.69 Å². The number of imide groups is 1. The second kappa shape index (κ2) is 8.29. The van der Waals surface area contributed by atoms with Gasteiger partial charge in [0.2, 0.25) is 0 Å². The summed E-state index contributed by atoms with van der Waals surface area (Å²) in [6, 6.07) is 10.2. The quantitative estimate of drug-likeness (QED) is 0.824. The van der Waals surface area contributed by atoms with Gasteiger partial charge in [0.15, 0.2) is 6.61 Å². The minimum Gasteiger partial charge on any atom is -0.452 e. The van der Waals surface area contributed by atoms with E-state index in [1.807, 2.05) is 45.9 Å². The van der Waals surface area contributed by atoms with E-state index in [9.17, 15) is 14.4 Å². The van der Waals surface area contributed by atoms with Crippen molar-refractivity contribution in [3.05, 3.63) is 64.2 Å². The topological polar surface area (TPSA) is 84.5 Å². The van der Waals surface area contributed by atoms with Gasteiger partial charge in [0.25, 0.3) is 5.91 Å². The second-order valence-electron chi connectivity index (χ2n) is 6.27. The number of urea groups is 1. The number of rotatable bonds is 4. The third-order valence-electron chi connectivity index (χ3n) is 3.67. The zero-order chi connectivity index (χ0) is 19.3. The molecule has 3 amide bonds. The minimum absolute atomic E-state index is 0.370. The molecule has 2 aromatic carbocycles. The highest BCUT2D eigenvalue weighted by atomic mass is 16.5. The van der Waals surface area contributed by atoms with Crippen LogP contribution in [0.3, 0.4) is 0 Å². The number of esters is 1. The molecule has 0 bridgehead atoms. The number of amides is 3. The molecule has 0 spiro atoms. The zero-order valence-electron chi connectivity index (χ0n) is 15.3. The molecule has 2 aromatic rings. The van der Waals surface area contributed by atoms with Gasteiger partial charge < -0.3 is 10.1 Å². The lowest BCUT2D eigenvalue weighted by molar-refractivity contribution is -0.123. The number of hydrogen-bond donors (Lipinski definition) is 2. The second-order valence-corrected chi connectivity index (χ2v) is 6.27. The van der Waals surface area contributed by atoms with E-state index >= 15 is 0 Å². The summed E-state index contributed by atoms with van der Waals surface area (Å²) in [6.07, 6.45) is 0. The summed E-state index contributed by atoms with van der Waals surface area (Å²) < 4.78 is 4.96. The Balaban J connectivity index is 1.86. The molecule has 0 radical (unpaired) electrons. The van der Waals surface area contributed by atoms with Crippen molar-refractivity contribution >= 4 is 23.6 Å². The highest BCUT2D eigenvalue weighted by molar-refractivity contribution is 6.02. The lowest BCUT2D eigenvalue weighted by Crippen LogP contribution is -2.37. The number of benzene rings is 2. The largest absolute Gasteiger partial charge is 0.452 e. The number of nitrogens with one attached hydrogen (secondary N) is 2. The standard InChI is InChI=1S/C20H22N2O4/c1-12-5-6-17(15(4)8-12)21-20(25)22-18(23)11-26-19(24)16-9-13(2)7-14(3)10-16/h5-10H,11H2,1-4H3,(H2,21,22,23,25). The van der Waals surface area contributed by atoms with Gasteiger partial charge in [0.1, 0.15) is 0 Å². The van der Waals surface area contributed by atoms with Crippen molar-refractivity contribution in [2.75, 3.05) is 11.9 Å². The van der Waals surface area contributed by atoms with Crippen molar-refractivity contribution < 1.29 is 19.1 Å². The molecular weight excluding hydrogens is 332 g/mol. The van der Waals surface area contributed by atoms with Crippen LogP contribution in [0.4, 0.5) is 10.5 Å². The first kappa shape index (κ1) is 19.2. The number of ether oxygens (including phenoxy) is 1. The van der Waals surface area contributed by atoms with Crippen LogP contribution in [0.1, 0.15) is 32.6 Å². The fourth-order valence-electron chi connectivity index (χ4n) is 2.58. The maximum absolute atomic E-state index is 12.0. The molecule has 0 aromatic heterocycles. The Labute approximate surface area is 152 Å². The Hall–Kier alpha value is -3.15. The fraction of sp³-hybridized carbons (Fsp3) is 0.250. The highest BCUT2D eigenvalue weighted by Crippen LogP contribution is 2.15. The number of aryl methyl sites for hydroxylation is 4. The first-order chi connectivity index (χ1) is 12.2. The Morgan fingerprint density at radius 1 is 0.885 bits per heavy atom. The summed E-state index contributed by atoms with van der Waals surface area (Å²) in [4.78, 5) is 35.7. The molecule has 0 unspecified atom stereocenters. The van der Waals surface area contributed by atoms with Gasteiger partial charge in [-0.2, -0.15) is 0 Å². The lowest BCUT2D eigenvalue weighted by Gasteiger charge is -2.10. The maximum atomic E-state index is 12.0. The first-order valence-electron chi connectivity index (χ1n) is 8.18. The van der Waals surface area contributed by atoms with Gasteiger partial charge in [0.05, 0.1) is 5.56 Å². The van der Waals surface area contributed by atoms with Crippen molar-refractivity contribution in [3.63, 3.8) is 0 Å². The van der Waals surface area contributed by atoms with Gasteiger partial charge in [-0.3, -0.25) is 10.1 Å². The molecule has 6 heteroatoms. The summed E-state index contributed by atoms with van der Waals surface area (Å²) in [6.45, 7) is 7.01. The monoisotopic (exact) mass is 354 g/mol. The van der Waals surface area contributed by atoms with Crippen LogP contribution in [0.15, 0.2) is 36.4 Å². The fourth-order valence-corrected chi connectivity index (χ4v) is 2.58. The predicted molar refractivity (Wildman–Crippen MR) is 99.3 cm³/mol. The van der Waals surface area contributed by atoms with E-state index in [0.717, 1.165) is 22.3 Å². The van der Waals surface area contributed by atoms with Gasteiger partial charge in [-0.15, -0.1) is 0 Å². The number of carbonyl (C=O) groups excluding carboxylic acids is 3. The summed E-state index contributed by atoms with van der Waals surface area (Å²) in [5, 5.41) is 4.72. The van der Waals surface area contributed by atoms with Crippen LogP contribution in [-0.4, -0.2) is 24.5 Å². The van der Waals surface area contributed by atoms with Crippen molar-refractivity contribution in [1.82, 2.24) is 5.32 Å². The van der Waals surface area contributed by atoms with E-state index in [2.05, 4.69) is 10.6 Å². The third-order valence-corrected chi connectivity index (χ3v) is 3.67. The molecule has 2 N–H and O–H groups in total. The van der Waals surface area contributed by atoms with E-state index in [0.29, 0.717) is 11.3 Å². The van der Waals surface area contributed by atoms with E-state index in [4.69, 9.17) is 4.74 Å². The maximum Gasteiger partial charge on any atom is 0.338 e. The van der Waals surface area contributed by atoms with Gasteiger partial charge >= 0.3 is 12.0 Å². The Bertz CT molecular complexity index is 839. The molecule has 26 heavy (non-hydrogen) atoms. The van der Waals surface area contributed by atoms with Crippen molar-refractivity contribution in [2.45, 2.75) is 27.7 Å². The molecule has 0 aliphatic carbocycles. The molecule has 0 saturated heterocycles. The van der Waals surface area contributed by atoms with Crippen LogP contribution in [0.5, 0.6) is 0 Å². The van der Waals surface area contributed by atoms with Crippen LogP contribution >= 0.6 is 0 Å². The van der Waals surface area contributed by atoms with Crippen LogP contribution in [0.25, 0.3) is 0 Å². The van der Waals surface area contributed by atoms with Crippen LogP contribution in [-0.2, 0) is 9.53 Å². The van der Waals surface area contributed by atoms with Gasteiger partial charge in [-0.1, -0.05) is 34.9 Å². The smallest absolute Gasteiger partial charge is 0.338 e. The Morgan fingerprint density at radius 3 is 2.15 bits per heavy atom. The molecule has 0 saturated carbocycles. The molecule has 0 atom stereocenters. The van der Waals surface area contributed by atoms with Gasteiger partial charge in [-0.25, -0.2) is 9.59 Å². The van der Waals surface area contributed by atoms with Gasteiger partial charge in [-0.05, 0) is 51.5 Å². The number of carbonyl (C=O) groups is 3. The van der Waals surface area contributed by atoms with Crippen molar-refractivity contribution in [1.29, 1.82) is 0 Å². The van der Waals surface area contributed by atoms with E-state index in [1.54, 1.807) is 18.2 Å². The van der Waals surface area contributed by atoms with Crippen molar-refractivity contribution in [3.8, 4) is 0 Å². The average molecular weight is 354 g/mol. The molecule has 0 fully saturated rings. The summed E-state index contributed by atoms with van der Waals surface area (Å²) in [5.41, 5.74) is 4.78. The molecule has 0 heterocycles. The highest BCUT2D eigenvalue weighted by Gasteiger charge is 2.13. The number of hydrogen-bond acceptors (Lipinski definition) is 4. The zero-order valence-corrected chi connectivity index (χ0v) is 15.3. The van der Waals surface area contributed by atoms with E-state index in [-0.39, 0.29) is 0 Å². The van der Waals surface area contributed by atoms with E-state index < -0.39 is 24.5 Å². The SMILES string of the molecule is Cc1cc(C)cc(C(=O)OCC(=O)NC(=O)Nc2ccc(C)cc2C)c1. The Morgan fingerprint density at radius 2 is 1.54 bits per heavy atom. The normalized spacial score (nSPS) is 10.2. The lowest BCUT2D eigenvalue weighted by atomic mass is 10.1. The molecule has 136 valence electrons. The summed E-state index contributed by atoms with van der Waals surface area (Å²) in [7, 11) is 0. The molecule has 0 aliphatic heterocycles. The van der Waals surface area contributed by atoms with E-state index in [1.165, 1.54) is 0 Å². The Kier molecular flexibility index (Phi) is 6.11. The number of anilines is 1. The van der Waals surface area contributed by atoms with Crippen molar-refractivity contribution in [2.24, 2.45) is 0 Å². The minimum atomic E-state index is -0.704. The summed E-state index contributed by atoms with van der Waals surface area (Å²) >= 11 is 0. The van der Waals surface area contributed by atoms with Crippen LogP contribution in [0, 0.1) is 27.7 Å². The summed E-state index contributed by atoms with van der Waals surface area (Å²) in [5.74, 6) is -1.31. The average Bonchev–Trinajstić information content (AvgIpc) is 2.54. The predicted octanol–water partition coefficient (Wildman–Crippen LogP) is 3.43. The molecule has 6 nitrogen and oxygen atoms in total. The molecular formula is C20H22N2O4. The van der Waals surface area contributed by atoms with Crippen LogP contribution in [0.2, 0.25) is 0 Å². The first-order valence-corrected chi connectivity index (χ1v) is 8.18. The molecule has 2 rings (SSSR count). The molecule has 0 aliphatic rings.